The number of carbonyl (C=O) groups is 1. The first-order chi connectivity index (χ1) is 15.4. The Balaban J connectivity index is 1.21. The Morgan fingerprint density at radius 2 is 1.69 bits per heavy atom. The molecule has 3 aliphatic rings. The summed E-state index contributed by atoms with van der Waals surface area (Å²) in [5.74, 6) is 0.164. The van der Waals surface area contributed by atoms with Crippen LogP contribution in [0.5, 0.6) is 0 Å². The quantitative estimate of drug-likeness (QED) is 0.771. The van der Waals surface area contributed by atoms with Gasteiger partial charge in [0.2, 0.25) is 15.9 Å². The number of sulfonamides is 1. The molecule has 1 saturated heterocycles. The molecule has 1 spiro atoms. The smallest absolute Gasteiger partial charge is 0.232 e. The van der Waals surface area contributed by atoms with Gasteiger partial charge in [-0.1, -0.05) is 36.4 Å². The zero-order valence-electron chi connectivity index (χ0n) is 18.5. The van der Waals surface area contributed by atoms with Crippen LogP contribution in [0.3, 0.4) is 0 Å². The number of benzene rings is 2. The molecule has 1 atom stereocenters. The largest absolute Gasteiger partial charge is 0.369 e. The summed E-state index contributed by atoms with van der Waals surface area (Å²) in [4.78, 5) is 15.4. The molecule has 0 unspecified atom stereocenters. The predicted octanol–water partition coefficient (Wildman–Crippen LogP) is 3.29. The number of hydrogen-bond acceptors (Lipinski definition) is 4. The van der Waals surface area contributed by atoms with Gasteiger partial charge in [-0.15, -0.1) is 0 Å². The van der Waals surface area contributed by atoms with Crippen LogP contribution in [0.2, 0.25) is 0 Å². The van der Waals surface area contributed by atoms with Gasteiger partial charge in [0.1, 0.15) is 0 Å². The second kappa shape index (κ2) is 8.10. The maximum Gasteiger partial charge on any atom is 0.232 e. The topological polar surface area (TPSA) is 69.7 Å². The van der Waals surface area contributed by atoms with Gasteiger partial charge in [0.05, 0.1) is 11.9 Å². The van der Waals surface area contributed by atoms with Crippen LogP contribution in [-0.2, 0) is 20.2 Å². The molecule has 2 aromatic rings. The zero-order valence-corrected chi connectivity index (χ0v) is 19.4. The molecular formula is C25H31N3O3S. The Hall–Kier alpha value is -2.54. The maximum absolute atomic E-state index is 13.0. The van der Waals surface area contributed by atoms with Gasteiger partial charge >= 0.3 is 0 Å². The summed E-state index contributed by atoms with van der Waals surface area (Å²) < 4.78 is 26.3. The number of rotatable bonds is 4. The molecule has 0 radical (unpaired) electrons. The Morgan fingerprint density at radius 1 is 1.00 bits per heavy atom. The first-order valence-electron chi connectivity index (χ1n) is 11.5. The van der Waals surface area contributed by atoms with Crippen LogP contribution in [-0.4, -0.2) is 46.3 Å². The lowest BCUT2D eigenvalue weighted by Gasteiger charge is -2.37. The molecule has 32 heavy (non-hydrogen) atoms. The van der Waals surface area contributed by atoms with Crippen molar-refractivity contribution in [2.24, 2.45) is 5.92 Å². The van der Waals surface area contributed by atoms with E-state index in [0.29, 0.717) is 6.54 Å². The van der Waals surface area contributed by atoms with E-state index in [0.717, 1.165) is 56.4 Å². The lowest BCUT2D eigenvalue weighted by atomic mass is 9.67. The van der Waals surface area contributed by atoms with Crippen molar-refractivity contribution in [3.63, 3.8) is 0 Å². The van der Waals surface area contributed by atoms with Crippen molar-refractivity contribution in [2.75, 3.05) is 35.1 Å². The van der Waals surface area contributed by atoms with E-state index < -0.39 is 10.0 Å². The van der Waals surface area contributed by atoms with Crippen LogP contribution in [0.15, 0.2) is 54.6 Å². The average molecular weight is 454 g/mol. The van der Waals surface area contributed by atoms with Crippen LogP contribution in [0.1, 0.15) is 37.7 Å². The minimum atomic E-state index is -3.32. The fourth-order valence-corrected chi connectivity index (χ4v) is 6.81. The number of fused-ring (bicyclic) bond motifs is 2. The van der Waals surface area contributed by atoms with Crippen LogP contribution in [0.25, 0.3) is 0 Å². The van der Waals surface area contributed by atoms with Crippen molar-refractivity contribution in [3.8, 4) is 0 Å². The van der Waals surface area contributed by atoms with Crippen molar-refractivity contribution < 1.29 is 13.2 Å². The molecule has 2 heterocycles. The molecule has 0 bridgehead atoms. The zero-order chi connectivity index (χ0) is 22.3. The highest BCUT2D eigenvalue weighted by molar-refractivity contribution is 7.92. The predicted molar refractivity (Wildman–Crippen MR) is 127 cm³/mol. The normalized spacial score (nSPS) is 27.5. The van der Waals surface area contributed by atoms with Gasteiger partial charge in [0.25, 0.3) is 0 Å². The first-order valence-corrected chi connectivity index (χ1v) is 13.4. The number of nitrogens with zero attached hydrogens (tertiary/aromatic N) is 2. The van der Waals surface area contributed by atoms with Gasteiger partial charge < -0.3 is 10.2 Å². The number of carbonyl (C=O) groups excluding carboxylic acids is 1. The van der Waals surface area contributed by atoms with Gasteiger partial charge in [-0.05, 0) is 55.9 Å². The molecule has 1 saturated carbocycles. The number of para-hydroxylation sites is 2. The molecular weight excluding hydrogens is 422 g/mol. The standard InChI is InChI=1S/C25H31N3O3S/c1-32(30,31)28-18-25(22-9-5-6-10-23(22)28)14-11-19(12-15-25)24(29)26-20-13-16-27(17-20)21-7-3-2-4-8-21/h2-10,19-20H,11-18H2,1H3,(H,26,29)/t19-,20-,25-/m1/s1. The Morgan fingerprint density at radius 3 is 2.41 bits per heavy atom. The maximum atomic E-state index is 13.0. The average Bonchev–Trinajstić information content (AvgIpc) is 3.38. The number of nitrogens with one attached hydrogen (secondary N) is 1. The van der Waals surface area contributed by atoms with E-state index in [9.17, 15) is 13.2 Å². The molecule has 170 valence electrons. The van der Waals surface area contributed by atoms with E-state index in [1.54, 1.807) is 4.31 Å². The summed E-state index contributed by atoms with van der Waals surface area (Å²) in [7, 11) is -3.32. The minimum Gasteiger partial charge on any atom is -0.369 e. The third kappa shape index (κ3) is 3.87. The molecule has 1 aliphatic carbocycles. The monoisotopic (exact) mass is 453 g/mol. The minimum absolute atomic E-state index is 0.00541. The lowest BCUT2D eigenvalue weighted by Crippen LogP contribution is -2.44. The van der Waals surface area contributed by atoms with E-state index in [1.165, 1.54) is 11.9 Å². The van der Waals surface area contributed by atoms with E-state index in [-0.39, 0.29) is 23.3 Å². The Labute approximate surface area is 190 Å². The fraction of sp³-hybridized carbons (Fsp3) is 0.480. The van der Waals surface area contributed by atoms with Gasteiger partial charge in [0.15, 0.2) is 0 Å². The van der Waals surface area contributed by atoms with Crippen LogP contribution in [0.4, 0.5) is 11.4 Å². The highest BCUT2D eigenvalue weighted by Crippen LogP contribution is 2.50. The second-order valence-electron chi connectivity index (χ2n) is 9.62. The van der Waals surface area contributed by atoms with Crippen molar-refractivity contribution in [3.05, 3.63) is 60.2 Å². The molecule has 6 nitrogen and oxygen atoms in total. The highest BCUT2D eigenvalue weighted by Gasteiger charge is 2.48. The van der Waals surface area contributed by atoms with Gasteiger partial charge in [-0.3, -0.25) is 9.10 Å². The summed E-state index contributed by atoms with van der Waals surface area (Å²) in [6.07, 6.45) is 5.53. The number of amides is 1. The van der Waals surface area contributed by atoms with E-state index in [1.807, 2.05) is 36.4 Å². The Kier molecular flexibility index (Phi) is 5.40. The highest BCUT2D eigenvalue weighted by atomic mass is 32.2. The van der Waals surface area contributed by atoms with Crippen molar-refractivity contribution in [2.45, 2.75) is 43.6 Å². The molecule has 2 aliphatic heterocycles. The molecule has 1 N–H and O–H groups in total. The fourth-order valence-electron chi connectivity index (χ4n) is 5.81. The van der Waals surface area contributed by atoms with Crippen LogP contribution < -0.4 is 14.5 Å². The molecule has 5 rings (SSSR count). The van der Waals surface area contributed by atoms with Crippen molar-refractivity contribution in [1.82, 2.24) is 5.32 Å². The second-order valence-corrected chi connectivity index (χ2v) is 11.5. The number of hydrogen-bond donors (Lipinski definition) is 1. The van der Waals surface area contributed by atoms with Crippen molar-refractivity contribution in [1.29, 1.82) is 0 Å². The third-order valence-electron chi connectivity index (χ3n) is 7.56. The lowest BCUT2D eigenvalue weighted by molar-refractivity contribution is -0.126. The van der Waals surface area contributed by atoms with Gasteiger partial charge in [-0.25, -0.2) is 8.42 Å². The molecule has 1 amide bonds. The van der Waals surface area contributed by atoms with Gasteiger partial charge in [0, 0.05) is 42.7 Å². The SMILES string of the molecule is CS(=O)(=O)N1C[C@]2(CC[C@@H](C(=O)N[C@@H]3CCN(c4ccccc4)C3)CC2)c2ccccc21. The van der Waals surface area contributed by atoms with E-state index >= 15 is 0 Å². The summed E-state index contributed by atoms with van der Waals surface area (Å²) in [6, 6.07) is 18.4. The summed E-state index contributed by atoms with van der Waals surface area (Å²) in [6.45, 7) is 2.30. The summed E-state index contributed by atoms with van der Waals surface area (Å²) in [5, 5.41) is 3.29. The molecule has 0 aromatic heterocycles. The van der Waals surface area contributed by atoms with Gasteiger partial charge in [-0.2, -0.15) is 0 Å². The first kappa shape index (κ1) is 21.3. The molecule has 7 heteroatoms. The number of anilines is 2. The summed E-state index contributed by atoms with van der Waals surface area (Å²) >= 11 is 0. The van der Waals surface area contributed by atoms with E-state index in [2.05, 4.69) is 28.4 Å². The third-order valence-corrected chi connectivity index (χ3v) is 8.69. The molecule has 2 aromatic carbocycles. The summed E-state index contributed by atoms with van der Waals surface area (Å²) in [5.41, 5.74) is 2.97. The van der Waals surface area contributed by atoms with Crippen molar-refractivity contribution >= 4 is 27.3 Å². The molecule has 2 fully saturated rings. The van der Waals surface area contributed by atoms with Crippen LogP contribution >= 0.6 is 0 Å². The van der Waals surface area contributed by atoms with E-state index in [4.69, 9.17) is 0 Å². The van der Waals surface area contributed by atoms with Crippen LogP contribution in [0, 0.1) is 5.92 Å². The Bertz CT molecular complexity index is 1090.